The predicted molar refractivity (Wildman–Crippen MR) is 113 cm³/mol. The zero-order valence-electron chi connectivity index (χ0n) is 15.5. The van der Waals surface area contributed by atoms with E-state index in [1.54, 1.807) is 6.08 Å². The van der Waals surface area contributed by atoms with E-state index in [9.17, 15) is 4.79 Å². The van der Waals surface area contributed by atoms with Crippen LogP contribution in [-0.4, -0.2) is 26.4 Å². The molecule has 1 heterocycles. The molecule has 0 unspecified atom stereocenters. The zero-order chi connectivity index (χ0) is 19.3. The minimum atomic E-state index is -0.0569. The van der Waals surface area contributed by atoms with Crippen molar-refractivity contribution in [3.63, 3.8) is 0 Å². The van der Waals surface area contributed by atoms with E-state index in [1.165, 1.54) is 30.2 Å². The van der Waals surface area contributed by atoms with Crippen LogP contribution in [0.4, 0.5) is 5.69 Å². The predicted octanol–water partition coefficient (Wildman–Crippen LogP) is 4.74. The minimum absolute atomic E-state index is 0.0569. The number of nitrogens with zero attached hydrogens (tertiary/aromatic N) is 3. The van der Waals surface area contributed by atoms with Crippen molar-refractivity contribution in [1.82, 2.24) is 14.8 Å². The molecular formula is C22H22N4OS. The molecule has 3 aromatic rings. The topological polar surface area (TPSA) is 59.8 Å². The van der Waals surface area contributed by atoms with Crippen molar-refractivity contribution in [3.05, 3.63) is 72.8 Å². The molecule has 1 aliphatic rings. The van der Waals surface area contributed by atoms with E-state index in [1.807, 2.05) is 47.0 Å². The third-order valence-corrected chi connectivity index (χ3v) is 5.60. The Morgan fingerprint density at radius 3 is 2.57 bits per heavy atom. The van der Waals surface area contributed by atoms with Crippen LogP contribution in [0, 0.1) is 0 Å². The van der Waals surface area contributed by atoms with Gasteiger partial charge in [0.15, 0.2) is 11.0 Å². The second-order valence-electron chi connectivity index (χ2n) is 6.80. The van der Waals surface area contributed by atoms with Gasteiger partial charge in [-0.25, -0.2) is 0 Å². The zero-order valence-corrected chi connectivity index (χ0v) is 16.4. The second-order valence-corrected chi connectivity index (χ2v) is 7.75. The van der Waals surface area contributed by atoms with Gasteiger partial charge < -0.3 is 5.32 Å². The van der Waals surface area contributed by atoms with Crippen molar-refractivity contribution in [2.24, 2.45) is 0 Å². The fraction of sp³-hybridized carbons (Fsp3) is 0.227. The van der Waals surface area contributed by atoms with Crippen LogP contribution < -0.4 is 5.32 Å². The highest BCUT2D eigenvalue weighted by Gasteiger charge is 2.23. The van der Waals surface area contributed by atoms with Gasteiger partial charge in [0.2, 0.25) is 5.91 Å². The van der Waals surface area contributed by atoms with E-state index >= 15 is 0 Å². The third kappa shape index (κ3) is 4.34. The number of amides is 1. The molecule has 2 aromatic carbocycles. The highest BCUT2D eigenvalue weighted by Crippen LogP contribution is 2.40. The molecule has 0 spiro atoms. The van der Waals surface area contributed by atoms with E-state index in [-0.39, 0.29) is 11.7 Å². The monoisotopic (exact) mass is 390 g/mol. The first kappa shape index (κ1) is 18.5. The molecule has 1 fully saturated rings. The summed E-state index contributed by atoms with van der Waals surface area (Å²) in [6.45, 7) is 4.41. The minimum Gasteiger partial charge on any atom is -0.325 e. The number of carbonyl (C=O) groups excluding carboxylic acids is 1. The normalized spacial score (nSPS) is 13.3. The SMILES string of the molecule is C=CCn1c(SCC(=O)Nc2ccc(C3CC3)cc2)nnc1-c1ccccc1. The fourth-order valence-corrected chi connectivity index (χ4v) is 3.82. The number of allylic oxidation sites excluding steroid dienone is 1. The third-order valence-electron chi connectivity index (χ3n) is 4.64. The molecule has 28 heavy (non-hydrogen) atoms. The molecule has 1 saturated carbocycles. The number of hydrogen-bond acceptors (Lipinski definition) is 4. The highest BCUT2D eigenvalue weighted by molar-refractivity contribution is 7.99. The summed E-state index contributed by atoms with van der Waals surface area (Å²) in [7, 11) is 0. The Bertz CT molecular complexity index is 962. The number of rotatable bonds is 8. The van der Waals surface area contributed by atoms with Crippen LogP contribution in [0.1, 0.15) is 24.3 Å². The van der Waals surface area contributed by atoms with Gasteiger partial charge in [-0.1, -0.05) is 60.3 Å². The van der Waals surface area contributed by atoms with Crippen molar-refractivity contribution in [3.8, 4) is 11.4 Å². The van der Waals surface area contributed by atoms with Gasteiger partial charge in [0.1, 0.15) is 0 Å². The summed E-state index contributed by atoms with van der Waals surface area (Å²) in [5.74, 6) is 1.71. The van der Waals surface area contributed by atoms with E-state index in [4.69, 9.17) is 0 Å². The molecule has 142 valence electrons. The summed E-state index contributed by atoms with van der Waals surface area (Å²) < 4.78 is 1.98. The van der Waals surface area contributed by atoms with Crippen molar-refractivity contribution in [2.75, 3.05) is 11.1 Å². The molecule has 0 saturated heterocycles. The molecule has 5 nitrogen and oxygen atoms in total. The van der Waals surface area contributed by atoms with Crippen LogP contribution in [0.5, 0.6) is 0 Å². The van der Waals surface area contributed by atoms with Gasteiger partial charge in [0, 0.05) is 17.8 Å². The Labute approximate surface area is 168 Å². The number of nitrogens with one attached hydrogen (secondary N) is 1. The van der Waals surface area contributed by atoms with Gasteiger partial charge >= 0.3 is 0 Å². The fourth-order valence-electron chi connectivity index (χ4n) is 3.07. The standard InChI is InChI=1S/C22H22N4OS/c1-2-14-26-21(18-6-4-3-5-7-18)24-25-22(26)28-15-20(27)23-19-12-10-17(11-13-19)16-8-9-16/h2-7,10-13,16H,1,8-9,14-15H2,(H,23,27). The summed E-state index contributed by atoms with van der Waals surface area (Å²) >= 11 is 1.38. The summed E-state index contributed by atoms with van der Waals surface area (Å²) in [5, 5.41) is 12.2. The largest absolute Gasteiger partial charge is 0.325 e. The molecule has 0 aliphatic heterocycles. The van der Waals surface area contributed by atoms with Gasteiger partial charge in [-0.3, -0.25) is 9.36 Å². The van der Waals surface area contributed by atoms with Crippen molar-refractivity contribution in [2.45, 2.75) is 30.5 Å². The smallest absolute Gasteiger partial charge is 0.234 e. The number of thioether (sulfide) groups is 1. The number of benzene rings is 2. The van der Waals surface area contributed by atoms with Crippen LogP contribution in [0.2, 0.25) is 0 Å². The van der Waals surface area contributed by atoms with Crippen LogP contribution in [0.15, 0.2) is 72.4 Å². The lowest BCUT2D eigenvalue weighted by atomic mass is 10.1. The maximum Gasteiger partial charge on any atom is 0.234 e. The van der Waals surface area contributed by atoms with Gasteiger partial charge in [0.25, 0.3) is 0 Å². The molecule has 0 atom stereocenters. The molecule has 0 bridgehead atoms. The summed E-state index contributed by atoms with van der Waals surface area (Å²) in [6, 6.07) is 18.1. The first-order valence-electron chi connectivity index (χ1n) is 9.36. The molecule has 0 radical (unpaired) electrons. The van der Waals surface area contributed by atoms with Crippen molar-refractivity contribution >= 4 is 23.4 Å². The van der Waals surface area contributed by atoms with Crippen LogP contribution in [0.3, 0.4) is 0 Å². The number of hydrogen-bond donors (Lipinski definition) is 1. The molecule has 1 aromatic heterocycles. The van der Waals surface area contributed by atoms with E-state index in [0.717, 1.165) is 23.0 Å². The number of anilines is 1. The van der Waals surface area contributed by atoms with Crippen LogP contribution in [0.25, 0.3) is 11.4 Å². The quantitative estimate of drug-likeness (QED) is 0.446. The molecular weight excluding hydrogens is 368 g/mol. The number of aromatic nitrogens is 3. The first-order chi connectivity index (χ1) is 13.7. The lowest BCUT2D eigenvalue weighted by molar-refractivity contribution is -0.113. The Balaban J connectivity index is 1.40. The van der Waals surface area contributed by atoms with Gasteiger partial charge in [-0.05, 0) is 36.5 Å². The summed E-state index contributed by atoms with van der Waals surface area (Å²) in [6.07, 6.45) is 4.36. The molecule has 4 rings (SSSR count). The van der Waals surface area contributed by atoms with Crippen molar-refractivity contribution < 1.29 is 4.79 Å². The highest BCUT2D eigenvalue weighted by atomic mass is 32.2. The van der Waals surface area contributed by atoms with E-state index in [2.05, 4.69) is 34.2 Å². The average molecular weight is 391 g/mol. The maximum atomic E-state index is 12.4. The Hall–Kier alpha value is -2.86. The maximum absolute atomic E-state index is 12.4. The Kier molecular flexibility index (Phi) is 5.58. The molecule has 1 amide bonds. The first-order valence-corrected chi connectivity index (χ1v) is 10.4. The van der Waals surface area contributed by atoms with E-state index in [0.29, 0.717) is 11.7 Å². The van der Waals surface area contributed by atoms with Crippen LogP contribution in [-0.2, 0) is 11.3 Å². The Morgan fingerprint density at radius 2 is 1.89 bits per heavy atom. The van der Waals surface area contributed by atoms with Crippen molar-refractivity contribution in [1.29, 1.82) is 0 Å². The Morgan fingerprint density at radius 1 is 1.14 bits per heavy atom. The second kappa shape index (κ2) is 8.44. The van der Waals surface area contributed by atoms with Gasteiger partial charge in [-0.15, -0.1) is 16.8 Å². The van der Waals surface area contributed by atoms with Gasteiger partial charge in [-0.2, -0.15) is 0 Å². The van der Waals surface area contributed by atoms with E-state index < -0.39 is 0 Å². The molecule has 1 aliphatic carbocycles. The molecule has 6 heteroatoms. The average Bonchev–Trinajstić information content (AvgIpc) is 3.50. The number of carbonyl (C=O) groups is 1. The van der Waals surface area contributed by atoms with Gasteiger partial charge in [0.05, 0.1) is 5.75 Å². The van der Waals surface area contributed by atoms with Crippen LogP contribution >= 0.6 is 11.8 Å². The summed E-state index contributed by atoms with van der Waals surface area (Å²) in [4.78, 5) is 12.4. The summed E-state index contributed by atoms with van der Waals surface area (Å²) in [5.41, 5.74) is 3.18. The lowest BCUT2D eigenvalue weighted by Gasteiger charge is -2.08. The lowest BCUT2D eigenvalue weighted by Crippen LogP contribution is -2.14. The molecule has 1 N–H and O–H groups in total.